The summed E-state index contributed by atoms with van der Waals surface area (Å²) in [4.78, 5) is 12.2. The molecule has 4 heterocycles. The van der Waals surface area contributed by atoms with Gasteiger partial charge in [-0.15, -0.1) is 0 Å². The van der Waals surface area contributed by atoms with Crippen LogP contribution < -0.4 is 0 Å². The normalized spacial score (nSPS) is 11.3. The van der Waals surface area contributed by atoms with Gasteiger partial charge in [-0.05, 0) is 60.9 Å². The molecule has 2 N–H and O–H groups in total. The van der Waals surface area contributed by atoms with E-state index in [0.717, 1.165) is 55.7 Å². The SMILES string of the molecule is Cc1cn(-c2cncc3[nH]c(-c4n[nH]c5ccc(-c6cc#ccc6C)cc45)cc23)cn1. The average Bonchev–Trinajstić information content (AvgIpc) is 3.50. The lowest BCUT2D eigenvalue weighted by atomic mass is 9.99. The second-order valence-electron chi connectivity index (χ2n) is 7.73. The molecular formula is C25H18N6. The van der Waals surface area contributed by atoms with Crippen LogP contribution in [0.1, 0.15) is 11.3 Å². The van der Waals surface area contributed by atoms with Gasteiger partial charge in [-0.3, -0.25) is 10.1 Å². The zero-order chi connectivity index (χ0) is 20.9. The zero-order valence-corrected chi connectivity index (χ0v) is 17.1. The van der Waals surface area contributed by atoms with E-state index >= 15 is 0 Å². The van der Waals surface area contributed by atoms with Crippen molar-refractivity contribution in [3.63, 3.8) is 0 Å². The summed E-state index contributed by atoms with van der Waals surface area (Å²) < 4.78 is 1.99. The second-order valence-corrected chi connectivity index (χ2v) is 7.73. The van der Waals surface area contributed by atoms with E-state index in [1.54, 1.807) is 0 Å². The van der Waals surface area contributed by atoms with Crippen molar-refractivity contribution in [2.75, 3.05) is 0 Å². The van der Waals surface area contributed by atoms with Crippen molar-refractivity contribution < 1.29 is 0 Å². The molecule has 6 rings (SSSR count). The molecule has 0 bridgehead atoms. The molecule has 0 fully saturated rings. The molecule has 0 aliphatic heterocycles. The summed E-state index contributed by atoms with van der Waals surface area (Å²) in [5.41, 5.74) is 9.15. The Balaban J connectivity index is 1.52. The van der Waals surface area contributed by atoms with Crippen molar-refractivity contribution in [3.05, 3.63) is 84.7 Å². The number of rotatable bonds is 3. The summed E-state index contributed by atoms with van der Waals surface area (Å²) >= 11 is 0. The van der Waals surface area contributed by atoms with Gasteiger partial charge in [0.1, 0.15) is 5.69 Å². The monoisotopic (exact) mass is 402 g/mol. The third-order valence-electron chi connectivity index (χ3n) is 5.66. The van der Waals surface area contributed by atoms with Gasteiger partial charge in [0.25, 0.3) is 0 Å². The first-order chi connectivity index (χ1) is 15.2. The van der Waals surface area contributed by atoms with Crippen LogP contribution in [0.15, 0.2) is 61.3 Å². The lowest BCUT2D eigenvalue weighted by Gasteiger charge is -2.04. The number of hydrogen-bond acceptors (Lipinski definition) is 3. The van der Waals surface area contributed by atoms with E-state index in [1.807, 2.05) is 48.5 Å². The van der Waals surface area contributed by atoms with Crippen LogP contribution in [0.2, 0.25) is 0 Å². The van der Waals surface area contributed by atoms with E-state index in [-0.39, 0.29) is 0 Å². The van der Waals surface area contributed by atoms with Crippen molar-refractivity contribution in [1.29, 1.82) is 0 Å². The van der Waals surface area contributed by atoms with Crippen LogP contribution in [-0.4, -0.2) is 29.7 Å². The number of hydrogen-bond donors (Lipinski definition) is 2. The number of benzene rings is 1. The summed E-state index contributed by atoms with van der Waals surface area (Å²) in [7, 11) is 0. The van der Waals surface area contributed by atoms with E-state index in [9.17, 15) is 0 Å². The summed E-state index contributed by atoms with van der Waals surface area (Å²) in [6, 6.07) is 18.5. The van der Waals surface area contributed by atoms with Gasteiger partial charge in [0.2, 0.25) is 0 Å². The average molecular weight is 402 g/mol. The maximum Gasteiger partial charge on any atom is 0.116 e. The molecule has 0 aliphatic rings. The van der Waals surface area contributed by atoms with E-state index in [0.29, 0.717) is 0 Å². The van der Waals surface area contributed by atoms with Crippen LogP contribution in [0.25, 0.3) is 50.0 Å². The predicted molar refractivity (Wildman–Crippen MR) is 121 cm³/mol. The smallest absolute Gasteiger partial charge is 0.116 e. The molecule has 6 aromatic rings. The molecule has 0 amide bonds. The van der Waals surface area contributed by atoms with E-state index < -0.39 is 0 Å². The quantitative estimate of drug-likeness (QED) is 0.428. The third-order valence-corrected chi connectivity index (χ3v) is 5.66. The Hall–Kier alpha value is -4.37. The molecule has 0 saturated carbocycles. The molecule has 148 valence electrons. The van der Waals surface area contributed by atoms with Gasteiger partial charge in [-0.2, -0.15) is 5.10 Å². The number of aromatic nitrogens is 6. The van der Waals surface area contributed by atoms with Crippen LogP contribution in [-0.2, 0) is 0 Å². The Morgan fingerprint density at radius 3 is 2.71 bits per heavy atom. The number of nitrogens with zero attached hydrogens (tertiary/aromatic N) is 4. The van der Waals surface area contributed by atoms with Crippen molar-refractivity contribution in [1.82, 2.24) is 29.7 Å². The Bertz CT molecular complexity index is 1570. The molecule has 31 heavy (non-hydrogen) atoms. The van der Waals surface area contributed by atoms with Crippen LogP contribution >= 0.6 is 0 Å². The molecule has 6 heteroatoms. The molecule has 0 aliphatic carbocycles. The number of nitrogens with one attached hydrogen (secondary N) is 2. The molecule has 0 unspecified atom stereocenters. The highest BCUT2D eigenvalue weighted by molar-refractivity contribution is 5.99. The first-order valence-corrected chi connectivity index (χ1v) is 10.0. The van der Waals surface area contributed by atoms with Gasteiger partial charge in [-0.25, -0.2) is 4.98 Å². The molecular weight excluding hydrogens is 384 g/mol. The van der Waals surface area contributed by atoms with Gasteiger partial charge in [0.15, 0.2) is 0 Å². The van der Waals surface area contributed by atoms with E-state index in [2.05, 4.69) is 68.5 Å². The fourth-order valence-corrected chi connectivity index (χ4v) is 4.08. The fraction of sp³-hybridized carbons (Fsp3) is 0.0800. The zero-order valence-electron chi connectivity index (χ0n) is 17.1. The van der Waals surface area contributed by atoms with Crippen LogP contribution in [0.5, 0.6) is 0 Å². The van der Waals surface area contributed by atoms with Crippen molar-refractivity contribution in [2.45, 2.75) is 13.8 Å². The number of H-pyrrole nitrogens is 2. The van der Waals surface area contributed by atoms with Crippen molar-refractivity contribution in [3.8, 4) is 28.2 Å². The van der Waals surface area contributed by atoms with Crippen molar-refractivity contribution in [2.24, 2.45) is 0 Å². The minimum atomic E-state index is 0.880. The number of aromatic amines is 2. The predicted octanol–water partition coefficient (Wildman–Crippen LogP) is 5.18. The number of fused-ring (bicyclic) bond motifs is 2. The molecule has 0 spiro atoms. The number of imidazole rings is 1. The molecule has 6 nitrogen and oxygen atoms in total. The number of aryl methyl sites for hydroxylation is 2. The summed E-state index contributed by atoms with van der Waals surface area (Å²) in [5, 5.41) is 9.90. The first-order valence-electron chi connectivity index (χ1n) is 10.0. The summed E-state index contributed by atoms with van der Waals surface area (Å²) in [6.07, 6.45) is 7.50. The number of pyridine rings is 1. The van der Waals surface area contributed by atoms with Gasteiger partial charge >= 0.3 is 0 Å². The first kappa shape index (κ1) is 17.5. The largest absolute Gasteiger partial charge is 0.352 e. The van der Waals surface area contributed by atoms with E-state index in [4.69, 9.17) is 0 Å². The van der Waals surface area contributed by atoms with Crippen LogP contribution in [0.3, 0.4) is 0 Å². The Morgan fingerprint density at radius 2 is 1.87 bits per heavy atom. The minimum absolute atomic E-state index is 0.880. The lowest BCUT2D eigenvalue weighted by Crippen LogP contribution is -1.91. The van der Waals surface area contributed by atoms with Crippen molar-refractivity contribution >= 4 is 21.8 Å². The maximum atomic E-state index is 4.61. The minimum Gasteiger partial charge on any atom is -0.352 e. The Labute approximate surface area is 178 Å². The van der Waals surface area contributed by atoms with Crippen LogP contribution in [0.4, 0.5) is 0 Å². The highest BCUT2D eigenvalue weighted by Gasteiger charge is 2.15. The highest BCUT2D eigenvalue weighted by Crippen LogP contribution is 2.33. The maximum absolute atomic E-state index is 4.61. The Kier molecular flexibility index (Phi) is 3.71. The van der Waals surface area contributed by atoms with Gasteiger partial charge < -0.3 is 9.55 Å². The summed E-state index contributed by atoms with van der Waals surface area (Å²) in [5.74, 6) is 0. The topological polar surface area (TPSA) is 75.2 Å². The Morgan fingerprint density at radius 1 is 0.968 bits per heavy atom. The lowest BCUT2D eigenvalue weighted by molar-refractivity contribution is 1.05. The molecule has 0 atom stereocenters. The van der Waals surface area contributed by atoms with Crippen LogP contribution in [0, 0.1) is 26.0 Å². The third kappa shape index (κ3) is 2.79. The molecule has 2 aromatic carbocycles. The van der Waals surface area contributed by atoms with Gasteiger partial charge in [-0.1, -0.05) is 18.2 Å². The molecule has 4 aromatic heterocycles. The van der Waals surface area contributed by atoms with Gasteiger partial charge in [0, 0.05) is 17.0 Å². The van der Waals surface area contributed by atoms with Gasteiger partial charge in [0.05, 0.1) is 46.8 Å². The second kappa shape index (κ2) is 6.57. The summed E-state index contributed by atoms with van der Waals surface area (Å²) in [6.45, 7) is 4.06. The van der Waals surface area contributed by atoms with E-state index in [1.165, 1.54) is 5.56 Å². The molecule has 0 radical (unpaired) electrons. The standard InChI is InChI=1S/C25H18N6/c1-15-5-3-4-6-18(15)17-7-8-21-20(9-17)25(30-29-21)22-10-19-23(28-22)11-26-12-24(19)31-13-16(2)27-14-31/h5-14,28H,1-2H3,(H,29,30). The fourth-order valence-electron chi connectivity index (χ4n) is 4.08. The highest BCUT2D eigenvalue weighted by atomic mass is 15.1. The molecule has 0 saturated heterocycles.